The zero-order valence-corrected chi connectivity index (χ0v) is 12.0. The fourth-order valence-electron chi connectivity index (χ4n) is 2.70. The Kier molecular flexibility index (Phi) is 4.98. The number of methoxy groups -OCH3 is 1. The monoisotopic (exact) mass is 277 g/mol. The second-order valence-corrected chi connectivity index (χ2v) is 5.30. The number of ether oxygens (including phenoxy) is 1. The summed E-state index contributed by atoms with van der Waals surface area (Å²) in [5.41, 5.74) is 13.3. The SMILES string of the molecule is COc1ccc(CN)cc1CN1CCC(C(N)=O)CC1. The number of carbonyl (C=O) groups is 1. The van der Waals surface area contributed by atoms with Gasteiger partial charge in [-0.2, -0.15) is 0 Å². The topological polar surface area (TPSA) is 81.6 Å². The van der Waals surface area contributed by atoms with Crippen LogP contribution < -0.4 is 16.2 Å². The molecule has 2 rings (SSSR count). The molecule has 5 heteroatoms. The van der Waals surface area contributed by atoms with Crippen molar-refractivity contribution in [3.8, 4) is 5.75 Å². The van der Waals surface area contributed by atoms with Crippen molar-refractivity contribution in [2.45, 2.75) is 25.9 Å². The van der Waals surface area contributed by atoms with Crippen LogP contribution in [-0.2, 0) is 17.9 Å². The van der Waals surface area contributed by atoms with Crippen LogP contribution in [0.5, 0.6) is 5.75 Å². The van der Waals surface area contributed by atoms with Crippen molar-refractivity contribution in [2.24, 2.45) is 17.4 Å². The molecule has 4 N–H and O–H groups in total. The lowest BCUT2D eigenvalue weighted by molar-refractivity contribution is -0.123. The minimum atomic E-state index is -0.174. The van der Waals surface area contributed by atoms with Gasteiger partial charge in [0.25, 0.3) is 0 Å². The Morgan fingerprint density at radius 3 is 2.65 bits per heavy atom. The molecule has 0 bridgehead atoms. The number of nitrogens with zero attached hydrogens (tertiary/aromatic N) is 1. The van der Waals surface area contributed by atoms with Crippen molar-refractivity contribution < 1.29 is 9.53 Å². The molecule has 20 heavy (non-hydrogen) atoms. The Morgan fingerprint density at radius 2 is 2.10 bits per heavy atom. The van der Waals surface area contributed by atoms with E-state index >= 15 is 0 Å². The maximum atomic E-state index is 11.2. The van der Waals surface area contributed by atoms with Gasteiger partial charge in [-0.25, -0.2) is 0 Å². The van der Waals surface area contributed by atoms with E-state index in [1.165, 1.54) is 0 Å². The van der Waals surface area contributed by atoms with Crippen molar-refractivity contribution in [2.75, 3.05) is 20.2 Å². The minimum Gasteiger partial charge on any atom is -0.496 e. The average Bonchev–Trinajstić information content (AvgIpc) is 2.47. The van der Waals surface area contributed by atoms with Crippen molar-refractivity contribution in [3.63, 3.8) is 0 Å². The molecule has 0 atom stereocenters. The molecule has 5 nitrogen and oxygen atoms in total. The van der Waals surface area contributed by atoms with Gasteiger partial charge in [0.05, 0.1) is 7.11 Å². The molecule has 0 spiro atoms. The Labute approximate surface area is 119 Å². The van der Waals surface area contributed by atoms with E-state index in [1.807, 2.05) is 12.1 Å². The van der Waals surface area contributed by atoms with Crippen molar-refractivity contribution in [1.82, 2.24) is 4.90 Å². The van der Waals surface area contributed by atoms with Crippen molar-refractivity contribution in [3.05, 3.63) is 29.3 Å². The fourth-order valence-corrected chi connectivity index (χ4v) is 2.70. The van der Waals surface area contributed by atoms with E-state index in [2.05, 4.69) is 11.0 Å². The molecule has 0 unspecified atom stereocenters. The first kappa shape index (κ1) is 14.8. The lowest BCUT2D eigenvalue weighted by Gasteiger charge is -2.30. The molecule has 1 fully saturated rings. The minimum absolute atomic E-state index is 0.0310. The number of primary amides is 1. The highest BCUT2D eigenvalue weighted by molar-refractivity contribution is 5.76. The number of nitrogens with two attached hydrogens (primary N) is 2. The second kappa shape index (κ2) is 6.72. The van der Waals surface area contributed by atoms with E-state index in [1.54, 1.807) is 7.11 Å². The third-order valence-electron chi connectivity index (χ3n) is 3.96. The van der Waals surface area contributed by atoms with Crippen LogP contribution in [0.4, 0.5) is 0 Å². The van der Waals surface area contributed by atoms with Gasteiger partial charge in [0.2, 0.25) is 5.91 Å². The molecule has 0 saturated carbocycles. The third kappa shape index (κ3) is 3.49. The Hall–Kier alpha value is -1.59. The molecule has 1 aliphatic heterocycles. The van der Waals surface area contributed by atoms with E-state index in [0.29, 0.717) is 6.54 Å². The summed E-state index contributed by atoms with van der Waals surface area (Å²) in [5, 5.41) is 0. The van der Waals surface area contributed by atoms with Gasteiger partial charge in [-0.05, 0) is 43.6 Å². The highest BCUT2D eigenvalue weighted by atomic mass is 16.5. The molecule has 0 aromatic heterocycles. The van der Waals surface area contributed by atoms with Crippen molar-refractivity contribution in [1.29, 1.82) is 0 Å². The lowest BCUT2D eigenvalue weighted by atomic mass is 9.96. The normalized spacial score (nSPS) is 17.1. The molecule has 0 aliphatic carbocycles. The number of benzene rings is 1. The van der Waals surface area contributed by atoms with Gasteiger partial charge in [-0.15, -0.1) is 0 Å². The molecule has 1 saturated heterocycles. The Balaban J connectivity index is 2.01. The summed E-state index contributed by atoms with van der Waals surface area (Å²) in [6.45, 7) is 3.14. The average molecular weight is 277 g/mol. The van der Waals surface area contributed by atoms with Gasteiger partial charge in [0.15, 0.2) is 0 Å². The third-order valence-corrected chi connectivity index (χ3v) is 3.96. The summed E-state index contributed by atoms with van der Waals surface area (Å²) in [5.74, 6) is 0.745. The van der Waals surface area contributed by atoms with Gasteiger partial charge < -0.3 is 16.2 Å². The van der Waals surface area contributed by atoms with Gasteiger partial charge in [-0.3, -0.25) is 9.69 Å². The van der Waals surface area contributed by atoms with Gasteiger partial charge in [0, 0.05) is 24.6 Å². The van der Waals surface area contributed by atoms with Crippen LogP contribution in [0.1, 0.15) is 24.0 Å². The van der Waals surface area contributed by atoms with E-state index < -0.39 is 0 Å². The molecule has 1 aromatic rings. The summed E-state index contributed by atoms with van der Waals surface area (Å²) < 4.78 is 5.40. The van der Waals surface area contributed by atoms with Crippen LogP contribution in [0.2, 0.25) is 0 Å². The lowest BCUT2D eigenvalue weighted by Crippen LogP contribution is -2.38. The predicted molar refractivity (Wildman–Crippen MR) is 78.1 cm³/mol. The summed E-state index contributed by atoms with van der Waals surface area (Å²) in [6, 6.07) is 6.05. The standard InChI is InChI=1S/C15H23N3O2/c1-20-14-3-2-11(9-16)8-13(14)10-18-6-4-12(5-7-18)15(17)19/h2-3,8,12H,4-7,9-10,16H2,1H3,(H2,17,19). The molecule has 1 aliphatic rings. The number of rotatable bonds is 5. The van der Waals surface area contributed by atoms with Crippen LogP contribution in [0.25, 0.3) is 0 Å². The number of likely N-dealkylation sites (tertiary alicyclic amines) is 1. The maximum absolute atomic E-state index is 11.2. The first-order chi connectivity index (χ1) is 9.63. The first-order valence-corrected chi connectivity index (χ1v) is 7.01. The largest absolute Gasteiger partial charge is 0.496 e. The summed E-state index contributed by atoms with van der Waals surface area (Å²) in [7, 11) is 1.68. The van der Waals surface area contributed by atoms with Crippen LogP contribution in [0.3, 0.4) is 0 Å². The number of piperidine rings is 1. The summed E-state index contributed by atoms with van der Waals surface area (Å²) in [4.78, 5) is 13.5. The fraction of sp³-hybridized carbons (Fsp3) is 0.533. The van der Waals surface area contributed by atoms with E-state index in [-0.39, 0.29) is 11.8 Å². The quantitative estimate of drug-likeness (QED) is 0.836. The van der Waals surface area contributed by atoms with Gasteiger partial charge in [0.1, 0.15) is 5.75 Å². The van der Waals surface area contributed by atoms with Gasteiger partial charge in [-0.1, -0.05) is 6.07 Å². The molecule has 110 valence electrons. The number of amides is 1. The first-order valence-electron chi connectivity index (χ1n) is 7.01. The number of hydrogen-bond donors (Lipinski definition) is 2. The molecule has 1 amide bonds. The van der Waals surface area contributed by atoms with Crippen molar-refractivity contribution >= 4 is 5.91 Å². The van der Waals surface area contributed by atoms with Crippen LogP contribution in [-0.4, -0.2) is 31.0 Å². The number of hydrogen-bond acceptors (Lipinski definition) is 4. The maximum Gasteiger partial charge on any atom is 0.220 e. The highest BCUT2D eigenvalue weighted by Gasteiger charge is 2.23. The Morgan fingerprint density at radius 1 is 1.40 bits per heavy atom. The molecule has 0 radical (unpaired) electrons. The highest BCUT2D eigenvalue weighted by Crippen LogP contribution is 2.24. The van der Waals surface area contributed by atoms with E-state index in [9.17, 15) is 4.79 Å². The second-order valence-electron chi connectivity index (χ2n) is 5.30. The summed E-state index contributed by atoms with van der Waals surface area (Å²) in [6.07, 6.45) is 1.68. The van der Waals surface area contributed by atoms with Crippen LogP contribution in [0, 0.1) is 5.92 Å². The Bertz CT molecular complexity index is 468. The zero-order valence-electron chi connectivity index (χ0n) is 12.0. The van der Waals surface area contributed by atoms with Crippen LogP contribution in [0.15, 0.2) is 18.2 Å². The zero-order chi connectivity index (χ0) is 14.5. The van der Waals surface area contributed by atoms with E-state index in [0.717, 1.165) is 49.4 Å². The number of carbonyl (C=O) groups excluding carboxylic acids is 1. The van der Waals surface area contributed by atoms with E-state index in [4.69, 9.17) is 16.2 Å². The summed E-state index contributed by atoms with van der Waals surface area (Å²) >= 11 is 0. The van der Waals surface area contributed by atoms with Crippen LogP contribution >= 0.6 is 0 Å². The smallest absolute Gasteiger partial charge is 0.220 e. The molecule has 1 heterocycles. The molecular formula is C15H23N3O2. The predicted octanol–water partition coefficient (Wildman–Crippen LogP) is 0.851. The van der Waals surface area contributed by atoms with Gasteiger partial charge >= 0.3 is 0 Å². The molecule has 1 aromatic carbocycles. The molecular weight excluding hydrogens is 254 g/mol.